The van der Waals surface area contributed by atoms with Gasteiger partial charge in [-0.3, -0.25) is 4.79 Å². The van der Waals surface area contributed by atoms with E-state index in [1.54, 1.807) is 36.4 Å². The van der Waals surface area contributed by atoms with Gasteiger partial charge in [-0.1, -0.05) is 32.9 Å². The van der Waals surface area contributed by atoms with Crippen molar-refractivity contribution < 1.29 is 9.47 Å². The molecule has 0 aliphatic rings. The first-order chi connectivity index (χ1) is 14.2. The van der Waals surface area contributed by atoms with Crippen molar-refractivity contribution in [1.82, 2.24) is 9.66 Å². The smallest absolute Gasteiger partial charge is 0.349 e. The van der Waals surface area contributed by atoms with Gasteiger partial charge in [-0.2, -0.15) is 5.10 Å². The summed E-state index contributed by atoms with van der Waals surface area (Å²) in [6.45, 7) is 9.13. The number of hydrogen-bond donors (Lipinski definition) is 1. The van der Waals surface area contributed by atoms with Crippen molar-refractivity contribution in [2.24, 2.45) is 10.5 Å². The Bertz CT molecular complexity index is 1210. The zero-order valence-corrected chi connectivity index (χ0v) is 18.9. The van der Waals surface area contributed by atoms with E-state index in [-0.39, 0.29) is 5.41 Å². The molecule has 30 heavy (non-hydrogen) atoms. The molecule has 1 N–H and O–H groups in total. The lowest BCUT2D eigenvalue weighted by Gasteiger charge is -2.21. The van der Waals surface area contributed by atoms with Crippen LogP contribution in [0.2, 0.25) is 0 Å². The molecular weight excluding hydrogens is 450 g/mol. The van der Waals surface area contributed by atoms with Crippen LogP contribution in [0, 0.1) is 5.41 Å². The number of para-hydroxylation sites is 1. The van der Waals surface area contributed by atoms with Gasteiger partial charge in [-0.05, 0) is 52.5 Å². The van der Waals surface area contributed by atoms with Gasteiger partial charge in [0.2, 0.25) is 0 Å². The monoisotopic (exact) mass is 473 g/mol. The van der Waals surface area contributed by atoms with Gasteiger partial charge >= 0.3 is 5.69 Å². The average molecular weight is 474 g/mol. The first-order valence-electron chi connectivity index (χ1n) is 9.57. The van der Waals surface area contributed by atoms with Crippen molar-refractivity contribution in [2.45, 2.75) is 27.7 Å². The van der Waals surface area contributed by atoms with Crippen LogP contribution in [0.4, 0.5) is 0 Å². The Balaban J connectivity index is 1.99. The summed E-state index contributed by atoms with van der Waals surface area (Å²) < 4.78 is 13.1. The molecule has 0 radical (unpaired) electrons. The molecule has 0 amide bonds. The number of aromatic amines is 1. The number of H-pyrrole nitrogens is 1. The van der Waals surface area contributed by atoms with Crippen LogP contribution in [0.1, 0.15) is 33.3 Å². The number of rotatable bonds is 6. The molecule has 3 rings (SSSR count). The largest absolute Gasteiger partial charge is 0.490 e. The molecule has 0 spiro atoms. The topological polar surface area (TPSA) is 85.7 Å². The maximum Gasteiger partial charge on any atom is 0.349 e. The minimum absolute atomic E-state index is 0.00559. The molecule has 0 fully saturated rings. The Morgan fingerprint density at radius 2 is 1.83 bits per heavy atom. The number of hydrogen-bond acceptors (Lipinski definition) is 5. The van der Waals surface area contributed by atoms with E-state index in [0.717, 1.165) is 4.68 Å². The van der Waals surface area contributed by atoms with Crippen LogP contribution in [0.25, 0.3) is 10.9 Å². The zero-order valence-electron chi connectivity index (χ0n) is 17.4. The second kappa shape index (κ2) is 8.87. The lowest BCUT2D eigenvalue weighted by molar-refractivity contribution is 0.188. The van der Waals surface area contributed by atoms with Gasteiger partial charge in [0.1, 0.15) is 0 Å². The van der Waals surface area contributed by atoms with Crippen LogP contribution < -0.4 is 20.7 Å². The van der Waals surface area contributed by atoms with Crippen LogP contribution in [-0.4, -0.2) is 29.1 Å². The lowest BCUT2D eigenvalue weighted by Crippen LogP contribution is -2.32. The molecule has 0 bridgehead atoms. The zero-order chi connectivity index (χ0) is 21.9. The molecule has 0 aliphatic heterocycles. The maximum atomic E-state index is 12.6. The van der Waals surface area contributed by atoms with Crippen molar-refractivity contribution in [3.63, 3.8) is 0 Å². The molecule has 3 aromatic rings. The predicted octanol–water partition coefficient (Wildman–Crippen LogP) is 4.16. The highest BCUT2D eigenvalue weighted by Crippen LogP contribution is 2.34. The summed E-state index contributed by atoms with van der Waals surface area (Å²) in [4.78, 5) is 27.6. The third-order valence-corrected chi connectivity index (χ3v) is 4.81. The quantitative estimate of drug-likeness (QED) is 0.544. The molecule has 8 heteroatoms. The van der Waals surface area contributed by atoms with Crippen molar-refractivity contribution >= 4 is 33.0 Å². The summed E-state index contributed by atoms with van der Waals surface area (Å²) in [6.07, 6.45) is 1.44. The molecule has 0 saturated carbocycles. The van der Waals surface area contributed by atoms with Crippen LogP contribution in [0.3, 0.4) is 0 Å². The summed E-state index contributed by atoms with van der Waals surface area (Å²) in [7, 11) is 0. The molecule has 158 valence electrons. The highest BCUT2D eigenvalue weighted by atomic mass is 79.9. The minimum Gasteiger partial charge on any atom is -0.490 e. The Kier molecular flexibility index (Phi) is 6.45. The van der Waals surface area contributed by atoms with Crippen molar-refractivity contribution in [1.29, 1.82) is 0 Å². The number of fused-ring (bicyclic) bond motifs is 1. The molecule has 7 nitrogen and oxygen atoms in total. The van der Waals surface area contributed by atoms with E-state index in [2.05, 4.69) is 46.8 Å². The van der Waals surface area contributed by atoms with Gasteiger partial charge in [0.05, 0.1) is 30.3 Å². The minimum atomic E-state index is -0.610. The van der Waals surface area contributed by atoms with E-state index in [4.69, 9.17) is 9.47 Å². The Morgan fingerprint density at radius 1 is 1.13 bits per heavy atom. The van der Waals surface area contributed by atoms with E-state index in [9.17, 15) is 9.59 Å². The Labute approximate surface area is 182 Å². The van der Waals surface area contributed by atoms with E-state index in [1.807, 2.05) is 6.92 Å². The number of ether oxygens (including phenoxy) is 2. The van der Waals surface area contributed by atoms with Gasteiger partial charge in [-0.25, -0.2) is 4.79 Å². The normalized spacial score (nSPS) is 11.9. The van der Waals surface area contributed by atoms with Gasteiger partial charge < -0.3 is 14.5 Å². The van der Waals surface area contributed by atoms with E-state index < -0.39 is 11.2 Å². The third kappa shape index (κ3) is 4.99. The fraction of sp³-hybridized carbons (Fsp3) is 0.318. The fourth-order valence-corrected chi connectivity index (χ4v) is 3.13. The van der Waals surface area contributed by atoms with Crippen LogP contribution in [-0.2, 0) is 0 Å². The maximum absolute atomic E-state index is 12.6. The van der Waals surface area contributed by atoms with Crippen molar-refractivity contribution in [3.05, 3.63) is 67.3 Å². The van der Waals surface area contributed by atoms with Crippen LogP contribution in [0.5, 0.6) is 11.5 Å². The van der Waals surface area contributed by atoms with Crippen molar-refractivity contribution in [3.8, 4) is 11.5 Å². The van der Waals surface area contributed by atoms with Gasteiger partial charge in [0.25, 0.3) is 5.56 Å². The summed E-state index contributed by atoms with van der Waals surface area (Å²) in [5, 5.41) is 4.50. The Hall–Kier alpha value is -2.87. The molecule has 0 aliphatic carbocycles. The van der Waals surface area contributed by atoms with Gasteiger partial charge in [0, 0.05) is 10.0 Å². The number of halogens is 1. The molecule has 1 aromatic heterocycles. The van der Waals surface area contributed by atoms with Crippen LogP contribution in [0.15, 0.2) is 55.6 Å². The van der Waals surface area contributed by atoms with Crippen LogP contribution >= 0.6 is 15.9 Å². The van der Waals surface area contributed by atoms with Crippen molar-refractivity contribution in [2.75, 3.05) is 13.2 Å². The third-order valence-electron chi connectivity index (χ3n) is 4.12. The van der Waals surface area contributed by atoms with Gasteiger partial charge in [0.15, 0.2) is 11.5 Å². The standard InChI is InChI=1S/C22H24BrN3O4/c1-5-29-18-10-14(16(23)11-19(18)30-13-22(2,3)4)12-24-26-20(27)15-8-6-7-9-17(15)25-21(26)28/h6-12H,5,13H2,1-4H3,(H,25,28). The number of nitrogens with one attached hydrogen (secondary N) is 1. The SMILES string of the molecule is CCOc1cc(C=Nn2c(=O)[nH]c3ccccc3c2=O)c(Br)cc1OCC(C)(C)C. The van der Waals surface area contributed by atoms with E-state index >= 15 is 0 Å². The molecule has 0 saturated heterocycles. The Morgan fingerprint density at radius 3 is 2.53 bits per heavy atom. The van der Waals surface area contributed by atoms with E-state index in [1.165, 1.54) is 6.21 Å². The van der Waals surface area contributed by atoms with E-state index in [0.29, 0.717) is 45.7 Å². The number of nitrogens with zero attached hydrogens (tertiary/aromatic N) is 2. The predicted molar refractivity (Wildman–Crippen MR) is 122 cm³/mol. The molecule has 0 atom stereocenters. The fourth-order valence-electron chi connectivity index (χ4n) is 2.70. The molecular formula is C22H24BrN3O4. The first-order valence-corrected chi connectivity index (χ1v) is 10.4. The second-order valence-corrected chi connectivity index (χ2v) is 8.79. The van der Waals surface area contributed by atoms with Gasteiger partial charge in [-0.15, -0.1) is 4.68 Å². The lowest BCUT2D eigenvalue weighted by atomic mass is 9.99. The number of aromatic nitrogens is 2. The summed E-state index contributed by atoms with van der Waals surface area (Å²) in [6, 6.07) is 10.4. The first kappa shape index (κ1) is 21.8. The summed E-state index contributed by atoms with van der Waals surface area (Å²) in [5.74, 6) is 1.17. The summed E-state index contributed by atoms with van der Waals surface area (Å²) >= 11 is 3.50. The number of benzene rings is 2. The molecule has 0 unspecified atom stereocenters. The summed E-state index contributed by atoms with van der Waals surface area (Å²) in [5.41, 5.74) is 0.00668. The average Bonchev–Trinajstić information content (AvgIpc) is 2.68. The second-order valence-electron chi connectivity index (χ2n) is 7.94. The highest BCUT2D eigenvalue weighted by molar-refractivity contribution is 9.10. The highest BCUT2D eigenvalue weighted by Gasteiger charge is 2.15. The molecule has 1 heterocycles. The molecule has 2 aromatic carbocycles.